The lowest BCUT2D eigenvalue weighted by Gasteiger charge is -2.33. The third-order valence-corrected chi connectivity index (χ3v) is 11.0. The van der Waals surface area contributed by atoms with E-state index in [9.17, 15) is 0 Å². The van der Waals surface area contributed by atoms with E-state index >= 15 is 0 Å². The molecule has 0 saturated carbocycles. The maximum absolute atomic E-state index is 6.76. The van der Waals surface area contributed by atoms with E-state index in [0.717, 1.165) is 39.7 Å². The lowest BCUT2D eigenvalue weighted by Crippen LogP contribution is -2.22. The van der Waals surface area contributed by atoms with Gasteiger partial charge in [-0.3, -0.25) is 4.57 Å². The summed E-state index contributed by atoms with van der Waals surface area (Å²) in [5.41, 5.74) is 10.6. The molecule has 3 aromatic heterocycles. The van der Waals surface area contributed by atoms with E-state index in [0.29, 0.717) is 17.1 Å². The summed E-state index contributed by atoms with van der Waals surface area (Å²) in [5, 5.41) is 8.12. The summed E-state index contributed by atoms with van der Waals surface area (Å²) in [6.07, 6.45) is 7.76. The summed E-state index contributed by atoms with van der Waals surface area (Å²) in [6.45, 7) is 18.0. The first-order valence-corrected chi connectivity index (χ1v) is 18.3. The monoisotopic (exact) mass is 654 g/mol. The van der Waals surface area contributed by atoms with Crippen LogP contribution in [-0.2, 0) is 5.41 Å². The van der Waals surface area contributed by atoms with Gasteiger partial charge in [0.05, 0.1) is 22.4 Å². The van der Waals surface area contributed by atoms with Gasteiger partial charge in [0.25, 0.3) is 0 Å². The fraction of sp³-hybridized carbons (Fsp3) is 0.333. The summed E-state index contributed by atoms with van der Waals surface area (Å²) in [7, 11) is 0. The third-order valence-electron chi connectivity index (χ3n) is 10.1. The van der Waals surface area contributed by atoms with E-state index in [1.807, 2.05) is 24.0 Å². The number of aromatic nitrogens is 4. The molecule has 1 unspecified atom stereocenters. The Balaban J connectivity index is 1.32. The van der Waals surface area contributed by atoms with Crippen molar-refractivity contribution in [1.29, 1.82) is 0 Å². The van der Waals surface area contributed by atoms with Crippen LogP contribution >= 0.6 is 11.8 Å². The summed E-state index contributed by atoms with van der Waals surface area (Å²) in [4.78, 5) is 4.76. The van der Waals surface area contributed by atoms with Crippen molar-refractivity contribution in [2.24, 2.45) is 5.92 Å². The Morgan fingerprint density at radius 1 is 0.854 bits per heavy atom. The molecular formula is C42H46N4OS. The van der Waals surface area contributed by atoms with Crippen LogP contribution in [0, 0.1) is 26.7 Å². The Morgan fingerprint density at radius 2 is 1.62 bits per heavy atom. The first-order chi connectivity index (χ1) is 22.9. The number of ether oxygens (including phenoxy) is 1. The Hall–Kier alpha value is -4.29. The molecule has 7 rings (SSSR count). The van der Waals surface area contributed by atoms with Crippen LogP contribution in [0.5, 0.6) is 11.5 Å². The van der Waals surface area contributed by atoms with Gasteiger partial charge in [-0.05, 0) is 105 Å². The molecule has 0 bridgehead atoms. The number of pyridine rings is 1. The van der Waals surface area contributed by atoms with E-state index in [4.69, 9.17) is 14.8 Å². The zero-order chi connectivity index (χ0) is 33.9. The van der Waals surface area contributed by atoms with Crippen LogP contribution in [0.25, 0.3) is 33.3 Å². The van der Waals surface area contributed by atoms with Gasteiger partial charge in [-0.15, -0.1) is 0 Å². The summed E-state index contributed by atoms with van der Waals surface area (Å²) < 4.78 is 11.1. The van der Waals surface area contributed by atoms with Gasteiger partial charge in [-0.2, -0.15) is 16.9 Å². The molecule has 1 aliphatic carbocycles. The SMILES string of the molecule is CS[C@H]1C=C(C)C(c2c(C)nn(-c3cc(Oc4ccc5c6ccccc6n(-c6cc(C)ccn6)c5c4)cc(C(C)(C)C)c3)c2C)[C@@H](C)C1. The van der Waals surface area contributed by atoms with Crippen LogP contribution in [0.15, 0.2) is 90.6 Å². The highest BCUT2D eigenvalue weighted by atomic mass is 32.2. The largest absolute Gasteiger partial charge is 0.457 e. The maximum Gasteiger partial charge on any atom is 0.137 e. The predicted octanol–water partition coefficient (Wildman–Crippen LogP) is 11.2. The second kappa shape index (κ2) is 12.3. The molecule has 0 spiro atoms. The molecule has 246 valence electrons. The Morgan fingerprint density at radius 3 is 2.35 bits per heavy atom. The number of rotatable bonds is 6. The maximum atomic E-state index is 6.76. The predicted molar refractivity (Wildman–Crippen MR) is 203 cm³/mol. The number of para-hydroxylation sites is 1. The molecule has 0 fully saturated rings. The normalized spacial score (nSPS) is 18.4. The number of fused-ring (bicyclic) bond motifs is 3. The smallest absolute Gasteiger partial charge is 0.137 e. The third kappa shape index (κ3) is 5.74. The second-order valence-corrected chi connectivity index (χ2v) is 15.7. The minimum absolute atomic E-state index is 0.0791. The number of hydrogen-bond donors (Lipinski definition) is 0. The van der Waals surface area contributed by atoms with Crippen LogP contribution in [0.3, 0.4) is 0 Å². The topological polar surface area (TPSA) is 44.9 Å². The number of benzene rings is 3. The average Bonchev–Trinajstić information content (AvgIpc) is 3.53. The minimum Gasteiger partial charge on any atom is -0.457 e. The molecule has 1 aliphatic rings. The molecule has 5 nitrogen and oxygen atoms in total. The van der Waals surface area contributed by atoms with E-state index in [1.165, 1.54) is 45.2 Å². The van der Waals surface area contributed by atoms with Crippen LogP contribution < -0.4 is 4.74 Å². The highest BCUT2D eigenvalue weighted by molar-refractivity contribution is 7.99. The zero-order valence-corrected chi connectivity index (χ0v) is 30.4. The van der Waals surface area contributed by atoms with Gasteiger partial charge in [-0.25, -0.2) is 9.67 Å². The van der Waals surface area contributed by atoms with Crippen molar-refractivity contribution in [3.63, 3.8) is 0 Å². The van der Waals surface area contributed by atoms with Crippen molar-refractivity contribution in [1.82, 2.24) is 19.3 Å². The highest BCUT2D eigenvalue weighted by Gasteiger charge is 2.32. The number of hydrogen-bond acceptors (Lipinski definition) is 4. The van der Waals surface area contributed by atoms with Crippen LogP contribution in [0.4, 0.5) is 0 Å². The van der Waals surface area contributed by atoms with Crippen LogP contribution in [0.2, 0.25) is 0 Å². The molecule has 0 aliphatic heterocycles. The number of nitrogens with zero attached hydrogens (tertiary/aromatic N) is 4. The molecule has 6 aromatic rings. The Bertz CT molecular complexity index is 2200. The van der Waals surface area contributed by atoms with Crippen molar-refractivity contribution in [3.05, 3.63) is 119 Å². The van der Waals surface area contributed by atoms with Gasteiger partial charge in [0.2, 0.25) is 0 Å². The summed E-state index contributed by atoms with van der Waals surface area (Å²) >= 11 is 1.95. The van der Waals surface area contributed by atoms with Crippen molar-refractivity contribution < 1.29 is 4.74 Å². The second-order valence-electron chi connectivity index (χ2n) is 14.7. The molecule has 3 heterocycles. The molecule has 3 atom stereocenters. The first kappa shape index (κ1) is 32.3. The molecule has 3 aromatic carbocycles. The number of thioether (sulfide) groups is 1. The van der Waals surface area contributed by atoms with E-state index in [2.05, 4.69) is 144 Å². The van der Waals surface area contributed by atoms with Gasteiger partial charge in [0.15, 0.2) is 0 Å². The van der Waals surface area contributed by atoms with E-state index < -0.39 is 0 Å². The Kier molecular flexibility index (Phi) is 8.27. The molecule has 0 amide bonds. The standard InChI is InChI=1S/C42H46N4OS/c1-25-16-17-43-39(18-25)45-37-13-11-10-12-35(37)36-15-14-32(24-38(36)45)47-33-22-30(42(6,7)8)21-31(23-33)46-29(5)41(28(4)44-46)40-26(2)19-34(48-9)20-27(40)3/h10-19,21-24,27,34,40H,20H2,1-9H3/t27-,34-,40?/m0/s1. The van der Waals surface area contributed by atoms with E-state index in [-0.39, 0.29) is 5.41 Å². The molecule has 0 radical (unpaired) electrons. The lowest BCUT2D eigenvalue weighted by molar-refractivity contribution is 0.453. The zero-order valence-electron chi connectivity index (χ0n) is 29.6. The molecule has 0 saturated heterocycles. The number of aryl methyl sites for hydroxylation is 2. The van der Waals surface area contributed by atoms with Crippen molar-refractivity contribution >= 4 is 33.6 Å². The fourth-order valence-electron chi connectivity index (χ4n) is 7.69. The van der Waals surface area contributed by atoms with Gasteiger partial charge < -0.3 is 4.74 Å². The number of allylic oxidation sites excluding steroid dienone is 1. The quantitative estimate of drug-likeness (QED) is 0.168. The van der Waals surface area contributed by atoms with Crippen LogP contribution in [0.1, 0.15) is 75.0 Å². The van der Waals surface area contributed by atoms with E-state index in [1.54, 1.807) is 0 Å². The Labute approximate surface area is 289 Å². The van der Waals surface area contributed by atoms with Crippen molar-refractivity contribution in [2.75, 3.05) is 6.26 Å². The first-order valence-electron chi connectivity index (χ1n) is 17.0. The molecule has 6 heteroatoms. The van der Waals surface area contributed by atoms with Crippen molar-refractivity contribution in [2.45, 2.75) is 78.4 Å². The molecular weight excluding hydrogens is 609 g/mol. The summed E-state index contributed by atoms with van der Waals surface area (Å²) in [6, 6.07) is 25.7. The van der Waals surface area contributed by atoms with Crippen molar-refractivity contribution in [3.8, 4) is 23.0 Å². The lowest BCUT2D eigenvalue weighted by atomic mass is 9.75. The van der Waals surface area contributed by atoms with Gasteiger partial charge in [0, 0.05) is 51.5 Å². The van der Waals surface area contributed by atoms with Gasteiger partial charge >= 0.3 is 0 Å². The molecule has 0 N–H and O–H groups in total. The highest BCUT2D eigenvalue weighted by Crippen LogP contribution is 2.44. The van der Waals surface area contributed by atoms with Gasteiger partial charge in [-0.1, -0.05) is 57.5 Å². The molecule has 48 heavy (non-hydrogen) atoms. The van der Waals surface area contributed by atoms with Gasteiger partial charge in [0.1, 0.15) is 17.3 Å². The average molecular weight is 655 g/mol. The summed E-state index contributed by atoms with van der Waals surface area (Å²) in [5.74, 6) is 3.42. The minimum atomic E-state index is -0.0791. The van der Waals surface area contributed by atoms with Crippen LogP contribution in [-0.4, -0.2) is 30.8 Å². The fourth-order valence-corrected chi connectivity index (χ4v) is 8.53.